The maximum absolute atomic E-state index is 11.0. The van der Waals surface area contributed by atoms with Gasteiger partial charge < -0.3 is 19.7 Å². The molecule has 3 rings (SSSR count). The number of hydrogen-bond donors (Lipinski definition) is 1. The number of amides is 1. The molecule has 7 heteroatoms. The summed E-state index contributed by atoms with van der Waals surface area (Å²) in [5.74, 6) is 2.58. The summed E-state index contributed by atoms with van der Waals surface area (Å²) in [5.41, 5.74) is 1.02. The minimum absolute atomic E-state index is 0.0253. The Balaban J connectivity index is 1.64. The Morgan fingerprint density at radius 1 is 1.33 bits per heavy atom. The largest absolute Gasteiger partial charge is 0.356 e. The van der Waals surface area contributed by atoms with E-state index in [0.29, 0.717) is 12.5 Å². The number of imidazole rings is 1. The Bertz CT molecular complexity index is 739. The Hall–Kier alpha value is -2.41. The van der Waals surface area contributed by atoms with Gasteiger partial charge in [-0.25, -0.2) is 9.97 Å². The van der Waals surface area contributed by atoms with Crippen LogP contribution >= 0.6 is 0 Å². The van der Waals surface area contributed by atoms with Crippen LogP contribution in [0.25, 0.3) is 0 Å². The molecular weight excluding hydrogens is 340 g/mol. The van der Waals surface area contributed by atoms with Crippen LogP contribution in [0.3, 0.4) is 0 Å². The van der Waals surface area contributed by atoms with Crippen molar-refractivity contribution in [1.82, 2.24) is 24.8 Å². The third-order valence-electron chi connectivity index (χ3n) is 5.00. The predicted molar refractivity (Wildman–Crippen MR) is 107 cm³/mol. The van der Waals surface area contributed by atoms with Crippen molar-refractivity contribution in [3.05, 3.63) is 42.1 Å². The Morgan fingerprint density at radius 2 is 2.19 bits per heavy atom. The topological polar surface area (TPSA) is 66.3 Å². The molecule has 1 aliphatic heterocycles. The summed E-state index contributed by atoms with van der Waals surface area (Å²) >= 11 is 0. The second kappa shape index (κ2) is 8.99. The molecule has 0 saturated carbocycles. The molecular formula is C20H30N6O. The van der Waals surface area contributed by atoms with E-state index in [-0.39, 0.29) is 5.91 Å². The van der Waals surface area contributed by atoms with Crippen LogP contribution in [0.4, 0.5) is 5.82 Å². The van der Waals surface area contributed by atoms with E-state index in [0.717, 1.165) is 50.4 Å². The van der Waals surface area contributed by atoms with Gasteiger partial charge in [-0.05, 0) is 38.6 Å². The maximum atomic E-state index is 11.0. The number of likely N-dealkylation sites (N-methyl/N-ethyl adjacent to an activating group) is 1. The molecule has 0 unspecified atom stereocenters. The molecule has 2 aromatic rings. The van der Waals surface area contributed by atoms with Crippen molar-refractivity contribution in [3.63, 3.8) is 0 Å². The molecule has 1 fully saturated rings. The molecule has 7 nitrogen and oxygen atoms in total. The van der Waals surface area contributed by atoms with Crippen molar-refractivity contribution in [3.8, 4) is 0 Å². The summed E-state index contributed by atoms with van der Waals surface area (Å²) in [5, 5.41) is 2.81. The normalized spacial score (nSPS) is 17.3. The van der Waals surface area contributed by atoms with Gasteiger partial charge in [0.15, 0.2) is 0 Å². The van der Waals surface area contributed by atoms with Crippen LogP contribution in [0, 0.1) is 0 Å². The van der Waals surface area contributed by atoms with E-state index in [1.54, 1.807) is 0 Å². The fourth-order valence-corrected chi connectivity index (χ4v) is 3.51. The summed E-state index contributed by atoms with van der Waals surface area (Å²) in [7, 11) is 4.19. The van der Waals surface area contributed by atoms with E-state index in [1.807, 2.05) is 18.5 Å². The molecule has 0 spiro atoms. The molecule has 1 saturated heterocycles. The highest BCUT2D eigenvalue weighted by Crippen LogP contribution is 2.28. The molecule has 146 valence electrons. The molecule has 2 aromatic heterocycles. The molecule has 0 aromatic carbocycles. The number of aromatic nitrogens is 3. The van der Waals surface area contributed by atoms with Crippen molar-refractivity contribution >= 4 is 11.7 Å². The second-order valence-corrected chi connectivity index (χ2v) is 7.50. The van der Waals surface area contributed by atoms with Gasteiger partial charge in [0.25, 0.3) is 0 Å². The summed E-state index contributed by atoms with van der Waals surface area (Å²) in [6.07, 6.45) is 8.16. The van der Waals surface area contributed by atoms with E-state index in [4.69, 9.17) is 0 Å². The van der Waals surface area contributed by atoms with Crippen molar-refractivity contribution in [2.24, 2.45) is 0 Å². The van der Waals surface area contributed by atoms with Crippen molar-refractivity contribution < 1.29 is 4.79 Å². The standard InChI is InChI=1S/C20H30N6O/c1-16(27)22-13-17-6-7-19(23-14-17)26-9-4-5-18(15-26)20-21-8-10-25(20)12-11-24(2)3/h6-8,10,14,18H,4-5,9,11-13,15H2,1-3H3,(H,22,27)/t18-/m0/s1. The lowest BCUT2D eigenvalue weighted by Gasteiger charge is -2.33. The predicted octanol–water partition coefficient (Wildman–Crippen LogP) is 1.86. The molecule has 0 aliphatic carbocycles. The summed E-state index contributed by atoms with van der Waals surface area (Å²) in [6.45, 7) is 5.99. The number of nitrogens with one attached hydrogen (secondary N) is 1. The first kappa shape index (κ1) is 19.4. The first-order valence-corrected chi connectivity index (χ1v) is 9.63. The summed E-state index contributed by atoms with van der Waals surface area (Å²) < 4.78 is 2.29. The number of carbonyl (C=O) groups excluding carboxylic acids is 1. The lowest BCUT2D eigenvalue weighted by Crippen LogP contribution is -2.36. The third-order valence-corrected chi connectivity index (χ3v) is 5.00. The van der Waals surface area contributed by atoms with E-state index in [9.17, 15) is 4.79 Å². The molecule has 1 N–H and O–H groups in total. The third kappa shape index (κ3) is 5.29. The molecule has 0 radical (unpaired) electrons. The Morgan fingerprint density at radius 3 is 2.89 bits per heavy atom. The van der Waals surface area contributed by atoms with E-state index < -0.39 is 0 Å². The SMILES string of the molecule is CC(=O)NCc1ccc(N2CCC[C@H](c3nccn3CCN(C)C)C2)nc1. The smallest absolute Gasteiger partial charge is 0.217 e. The molecule has 1 amide bonds. The quantitative estimate of drug-likeness (QED) is 0.806. The fourth-order valence-electron chi connectivity index (χ4n) is 3.51. The minimum atomic E-state index is -0.0253. The van der Waals surface area contributed by atoms with Crippen molar-refractivity contribution in [1.29, 1.82) is 0 Å². The highest BCUT2D eigenvalue weighted by molar-refractivity contribution is 5.72. The molecule has 1 atom stereocenters. The van der Waals surface area contributed by atoms with Gasteiger partial charge in [-0.3, -0.25) is 4.79 Å². The van der Waals surface area contributed by atoms with Crippen LogP contribution in [0.5, 0.6) is 0 Å². The fraction of sp³-hybridized carbons (Fsp3) is 0.550. The highest BCUT2D eigenvalue weighted by Gasteiger charge is 2.25. The van der Waals surface area contributed by atoms with E-state index in [1.165, 1.54) is 12.7 Å². The van der Waals surface area contributed by atoms with Gasteiger partial charge in [0, 0.05) is 64.2 Å². The average molecular weight is 371 g/mol. The number of pyridine rings is 1. The van der Waals surface area contributed by atoms with Crippen LogP contribution in [-0.4, -0.2) is 59.1 Å². The number of carbonyl (C=O) groups is 1. The van der Waals surface area contributed by atoms with Crippen LogP contribution in [0.15, 0.2) is 30.7 Å². The zero-order valence-electron chi connectivity index (χ0n) is 16.6. The maximum Gasteiger partial charge on any atom is 0.217 e. The van der Waals surface area contributed by atoms with Crippen LogP contribution in [0.2, 0.25) is 0 Å². The Labute approximate surface area is 161 Å². The van der Waals surface area contributed by atoms with Gasteiger partial charge >= 0.3 is 0 Å². The van der Waals surface area contributed by atoms with E-state index >= 15 is 0 Å². The summed E-state index contributed by atoms with van der Waals surface area (Å²) in [4.78, 5) is 24.9. The lowest BCUT2D eigenvalue weighted by atomic mass is 9.97. The van der Waals surface area contributed by atoms with Crippen LogP contribution in [0.1, 0.15) is 37.1 Å². The summed E-state index contributed by atoms with van der Waals surface area (Å²) in [6, 6.07) is 4.10. The van der Waals surface area contributed by atoms with Gasteiger partial charge in [0.1, 0.15) is 11.6 Å². The lowest BCUT2D eigenvalue weighted by molar-refractivity contribution is -0.119. The number of rotatable bonds is 7. The van der Waals surface area contributed by atoms with Gasteiger partial charge in [-0.2, -0.15) is 0 Å². The van der Waals surface area contributed by atoms with Gasteiger partial charge in [0.05, 0.1) is 0 Å². The van der Waals surface area contributed by atoms with Gasteiger partial charge in [0.2, 0.25) is 5.91 Å². The number of anilines is 1. The number of hydrogen-bond acceptors (Lipinski definition) is 5. The molecule has 0 bridgehead atoms. The molecule has 27 heavy (non-hydrogen) atoms. The highest BCUT2D eigenvalue weighted by atomic mass is 16.1. The first-order valence-electron chi connectivity index (χ1n) is 9.63. The van der Waals surface area contributed by atoms with Gasteiger partial charge in [-0.1, -0.05) is 6.07 Å². The van der Waals surface area contributed by atoms with E-state index in [2.05, 4.69) is 56.0 Å². The van der Waals surface area contributed by atoms with Crippen molar-refractivity contribution in [2.45, 2.75) is 38.8 Å². The Kier molecular flexibility index (Phi) is 6.45. The zero-order chi connectivity index (χ0) is 19.2. The minimum Gasteiger partial charge on any atom is -0.356 e. The number of nitrogens with zero attached hydrogens (tertiary/aromatic N) is 5. The zero-order valence-corrected chi connectivity index (χ0v) is 16.6. The second-order valence-electron chi connectivity index (χ2n) is 7.50. The monoisotopic (exact) mass is 370 g/mol. The van der Waals surface area contributed by atoms with Crippen molar-refractivity contribution in [2.75, 3.05) is 38.6 Å². The molecule has 1 aliphatic rings. The molecule has 3 heterocycles. The van der Waals surface area contributed by atoms with Gasteiger partial charge in [-0.15, -0.1) is 0 Å². The van der Waals surface area contributed by atoms with Crippen LogP contribution < -0.4 is 10.2 Å². The van der Waals surface area contributed by atoms with Crippen LogP contribution in [-0.2, 0) is 17.9 Å². The first-order chi connectivity index (χ1) is 13.0. The number of piperidine rings is 1. The average Bonchev–Trinajstić information content (AvgIpc) is 3.14.